The quantitative estimate of drug-likeness (QED) is 0.208. The van der Waals surface area contributed by atoms with Gasteiger partial charge in [0.1, 0.15) is 23.3 Å². The molecule has 206 valence electrons. The molecule has 2 aliphatic heterocycles. The number of nitrogens with two attached hydrogens (primary N) is 1. The van der Waals surface area contributed by atoms with Crippen molar-refractivity contribution in [1.82, 2.24) is 15.6 Å². The highest BCUT2D eigenvalue weighted by Gasteiger charge is 2.18. The van der Waals surface area contributed by atoms with Crippen LogP contribution in [-0.2, 0) is 11.3 Å². The van der Waals surface area contributed by atoms with Gasteiger partial charge in [0.25, 0.3) is 0 Å². The van der Waals surface area contributed by atoms with Crippen molar-refractivity contribution in [3.05, 3.63) is 71.4 Å². The molecule has 6 N–H and O–H groups in total. The molecule has 2 saturated heterocycles. The van der Waals surface area contributed by atoms with Gasteiger partial charge in [0, 0.05) is 85.4 Å². The second-order valence-electron chi connectivity index (χ2n) is 9.65. The molecule has 3 aromatic rings. The third-order valence-electron chi connectivity index (χ3n) is 6.85. The van der Waals surface area contributed by atoms with Crippen LogP contribution in [0.5, 0.6) is 0 Å². The van der Waals surface area contributed by atoms with E-state index in [9.17, 15) is 8.78 Å². The van der Waals surface area contributed by atoms with Gasteiger partial charge in [0.15, 0.2) is 0 Å². The first-order valence-corrected chi connectivity index (χ1v) is 13.9. The summed E-state index contributed by atoms with van der Waals surface area (Å²) in [4.78, 5) is 7.61. The minimum absolute atomic E-state index is 0.121. The molecule has 0 unspecified atom stereocenters. The summed E-state index contributed by atoms with van der Waals surface area (Å²) in [5, 5.41) is 19.0. The Bertz CT molecular complexity index is 1290. The minimum Gasteiger partial charge on any atom is -0.383 e. The zero-order chi connectivity index (χ0) is 27.2. The van der Waals surface area contributed by atoms with Crippen LogP contribution in [0.3, 0.4) is 0 Å². The summed E-state index contributed by atoms with van der Waals surface area (Å²) < 4.78 is 32.8. The van der Waals surface area contributed by atoms with E-state index in [1.807, 2.05) is 0 Å². The zero-order valence-electron chi connectivity index (χ0n) is 21.6. The molecule has 5 rings (SSSR count). The number of amidine groups is 1. The first kappa shape index (κ1) is 27.2. The molecule has 0 atom stereocenters. The molecule has 2 aromatic carbocycles. The van der Waals surface area contributed by atoms with Crippen LogP contribution in [-0.4, -0.2) is 56.3 Å². The number of ether oxygens (including phenoxy) is 1. The van der Waals surface area contributed by atoms with E-state index < -0.39 is 11.6 Å². The number of benzene rings is 2. The average molecular weight is 554 g/mol. The van der Waals surface area contributed by atoms with E-state index in [4.69, 9.17) is 15.9 Å². The molecule has 1 aromatic heterocycles. The Morgan fingerprint density at radius 3 is 2.56 bits per heavy atom. The predicted octanol–water partition coefficient (Wildman–Crippen LogP) is 4.21. The highest BCUT2D eigenvalue weighted by molar-refractivity contribution is 7.99. The third kappa shape index (κ3) is 7.17. The second kappa shape index (κ2) is 12.6. The number of rotatable bonds is 8. The lowest BCUT2D eigenvalue weighted by atomic mass is 10.1. The summed E-state index contributed by atoms with van der Waals surface area (Å²) in [6.45, 7) is 5.75. The van der Waals surface area contributed by atoms with Crippen LogP contribution in [0.4, 0.5) is 26.0 Å². The molecule has 3 heterocycles. The van der Waals surface area contributed by atoms with Crippen molar-refractivity contribution in [2.45, 2.75) is 35.2 Å². The molecule has 0 radical (unpaired) electrons. The Morgan fingerprint density at radius 2 is 1.82 bits per heavy atom. The highest BCUT2D eigenvalue weighted by atomic mass is 32.2. The van der Waals surface area contributed by atoms with E-state index >= 15 is 0 Å². The normalized spacial score (nSPS) is 16.2. The molecular weight excluding hydrogens is 520 g/mol. The number of halogens is 2. The third-order valence-corrected chi connectivity index (χ3v) is 7.78. The maximum absolute atomic E-state index is 13.6. The second-order valence-corrected chi connectivity index (χ2v) is 10.8. The van der Waals surface area contributed by atoms with Crippen molar-refractivity contribution >= 4 is 34.8 Å². The molecule has 0 bridgehead atoms. The fourth-order valence-electron chi connectivity index (χ4n) is 4.75. The number of hydrogen-bond acceptors (Lipinski definition) is 8. The monoisotopic (exact) mass is 553 g/mol. The van der Waals surface area contributed by atoms with E-state index in [1.54, 1.807) is 6.07 Å². The van der Waals surface area contributed by atoms with Gasteiger partial charge in [-0.3, -0.25) is 5.41 Å². The summed E-state index contributed by atoms with van der Waals surface area (Å²) >= 11 is 1.16. The lowest BCUT2D eigenvalue weighted by Crippen LogP contribution is -2.43. The Morgan fingerprint density at radius 1 is 1.08 bits per heavy atom. The fourth-order valence-corrected chi connectivity index (χ4v) is 5.65. The van der Waals surface area contributed by atoms with Gasteiger partial charge < -0.3 is 31.3 Å². The number of aromatic nitrogens is 1. The Hall–Kier alpha value is -3.41. The molecule has 0 spiro atoms. The van der Waals surface area contributed by atoms with Crippen LogP contribution in [0.2, 0.25) is 0 Å². The summed E-state index contributed by atoms with van der Waals surface area (Å²) in [5.74, 6) is -0.972. The Balaban J connectivity index is 1.31. The predicted molar refractivity (Wildman–Crippen MR) is 152 cm³/mol. The topological polar surface area (TPSA) is 111 Å². The van der Waals surface area contributed by atoms with Crippen LogP contribution in [0.25, 0.3) is 0 Å². The molecular formula is C28H33F2N7OS. The average Bonchev–Trinajstić information content (AvgIpc) is 2.94. The van der Waals surface area contributed by atoms with Crippen molar-refractivity contribution in [2.75, 3.05) is 55.3 Å². The van der Waals surface area contributed by atoms with Crippen molar-refractivity contribution < 1.29 is 13.5 Å². The number of anilines is 3. The van der Waals surface area contributed by atoms with Crippen molar-refractivity contribution in [1.29, 1.82) is 5.41 Å². The van der Waals surface area contributed by atoms with Crippen LogP contribution in [0.15, 0.2) is 58.5 Å². The van der Waals surface area contributed by atoms with Gasteiger partial charge in [0.05, 0.1) is 5.56 Å². The Kier molecular flexibility index (Phi) is 8.80. The van der Waals surface area contributed by atoms with Crippen LogP contribution >= 0.6 is 11.8 Å². The number of nitrogens with one attached hydrogen (secondary N) is 4. The van der Waals surface area contributed by atoms with Crippen molar-refractivity contribution in [3.8, 4) is 0 Å². The van der Waals surface area contributed by atoms with Crippen LogP contribution in [0, 0.1) is 17.0 Å². The molecule has 0 amide bonds. The molecule has 39 heavy (non-hydrogen) atoms. The fraction of sp³-hybridized carbons (Fsp3) is 0.357. The molecule has 0 aliphatic carbocycles. The van der Waals surface area contributed by atoms with Gasteiger partial charge in [-0.2, -0.15) is 0 Å². The molecule has 2 aliphatic rings. The number of hydrogen-bond donors (Lipinski definition) is 5. The molecule has 8 nitrogen and oxygen atoms in total. The number of nitrogens with zero attached hydrogens (tertiary/aromatic N) is 2. The van der Waals surface area contributed by atoms with Gasteiger partial charge in [-0.15, -0.1) is 0 Å². The lowest BCUT2D eigenvalue weighted by Gasteiger charge is -2.31. The summed E-state index contributed by atoms with van der Waals surface area (Å²) in [6, 6.07) is 11.8. The van der Waals surface area contributed by atoms with Crippen LogP contribution < -0.4 is 26.6 Å². The maximum Gasteiger partial charge on any atom is 0.134 e. The smallest absolute Gasteiger partial charge is 0.134 e. The maximum atomic E-state index is 13.6. The van der Waals surface area contributed by atoms with Gasteiger partial charge in [-0.25, -0.2) is 13.8 Å². The SMILES string of the molecule is N=C(NCc1ccc(N2CCNCC2)cc1NC1CCOCC1)c1cc(Sc2cc(F)cc(F)c2)cnc1N. The molecule has 0 saturated carbocycles. The van der Waals surface area contributed by atoms with Crippen molar-refractivity contribution in [3.63, 3.8) is 0 Å². The van der Waals surface area contributed by atoms with Crippen LogP contribution in [0.1, 0.15) is 24.0 Å². The largest absolute Gasteiger partial charge is 0.383 e. The Labute approximate surface area is 231 Å². The first-order chi connectivity index (χ1) is 18.9. The standard InChI is InChI=1S/C28H33F2N7OS/c29-19-11-20(30)13-23(12-19)39-24-15-25(28(32)35-17-24)27(31)34-16-18-1-2-22(37-7-5-33-6-8-37)14-26(18)36-21-3-9-38-10-4-21/h1-2,11-15,17,21,33,36H,3-10,16H2,(H2,31,34)(H2,32,35). The molecule has 11 heteroatoms. The van der Waals surface area contributed by atoms with E-state index in [2.05, 4.69) is 44.0 Å². The first-order valence-electron chi connectivity index (χ1n) is 13.1. The zero-order valence-corrected chi connectivity index (χ0v) is 22.4. The number of piperazine rings is 1. The van der Waals surface area contributed by atoms with Gasteiger partial charge >= 0.3 is 0 Å². The summed E-state index contributed by atoms with van der Waals surface area (Å²) in [5.41, 5.74) is 9.79. The van der Waals surface area contributed by atoms with Gasteiger partial charge in [-0.05, 0) is 48.7 Å². The number of pyridine rings is 1. The van der Waals surface area contributed by atoms with E-state index in [0.717, 1.165) is 81.3 Å². The van der Waals surface area contributed by atoms with Crippen molar-refractivity contribution in [2.24, 2.45) is 0 Å². The summed E-state index contributed by atoms with van der Waals surface area (Å²) in [6.07, 6.45) is 3.43. The van der Waals surface area contributed by atoms with E-state index in [0.29, 0.717) is 27.9 Å². The van der Waals surface area contributed by atoms with E-state index in [-0.39, 0.29) is 11.7 Å². The van der Waals surface area contributed by atoms with Gasteiger partial charge in [-0.1, -0.05) is 17.8 Å². The molecule has 2 fully saturated rings. The minimum atomic E-state index is -0.649. The number of nitrogen functional groups attached to an aromatic ring is 1. The van der Waals surface area contributed by atoms with Gasteiger partial charge in [0.2, 0.25) is 0 Å². The lowest BCUT2D eigenvalue weighted by molar-refractivity contribution is 0.0904. The van der Waals surface area contributed by atoms with E-state index in [1.165, 1.54) is 24.0 Å². The highest BCUT2D eigenvalue weighted by Crippen LogP contribution is 2.30. The summed E-state index contributed by atoms with van der Waals surface area (Å²) in [7, 11) is 0.